The van der Waals surface area contributed by atoms with E-state index in [-0.39, 0.29) is 66.0 Å². The molecule has 0 aliphatic carbocycles. The normalized spacial score (nSPS) is 11.7. The molecule has 0 aliphatic heterocycles. The van der Waals surface area contributed by atoms with Crippen molar-refractivity contribution in [1.29, 1.82) is 0 Å². The zero-order chi connectivity index (χ0) is 52.0. The van der Waals surface area contributed by atoms with E-state index in [0.717, 1.165) is 73.6 Å². The number of rotatable bonds is 26. The topological polar surface area (TPSA) is 158 Å². The Balaban J connectivity index is 0.862. The maximum atomic E-state index is 12.9. The lowest BCUT2D eigenvalue weighted by atomic mass is 10.0. The van der Waals surface area contributed by atoms with Crippen LogP contribution < -0.4 is 18.9 Å². The van der Waals surface area contributed by atoms with Crippen LogP contribution in [0.25, 0.3) is 22.3 Å². The van der Waals surface area contributed by atoms with Crippen LogP contribution in [-0.2, 0) is 19.1 Å². The highest BCUT2D eigenvalue weighted by Gasteiger charge is 2.17. The SMILES string of the molecule is CCCCCCC(C)OC(=O)c1ccc(-c2ccc(OC(=O)c3ccc(OC(=O)CCCC(=O)Oc4ccc(C(=O)Oc5ccc(-c6ccc(C(=O)OC(C)CCCCCC)cc6)cc5)cc4)cc3)cc2)cc1. The van der Waals surface area contributed by atoms with Crippen LogP contribution in [0.5, 0.6) is 23.0 Å². The maximum absolute atomic E-state index is 12.9. The molecule has 73 heavy (non-hydrogen) atoms. The molecule has 0 bridgehead atoms. The Bertz CT molecular complexity index is 2540. The Labute approximate surface area is 427 Å². The van der Waals surface area contributed by atoms with Crippen LogP contribution in [0.3, 0.4) is 0 Å². The Hall–Kier alpha value is -7.86. The lowest BCUT2D eigenvalue weighted by Crippen LogP contribution is -2.15. The predicted octanol–water partition coefficient (Wildman–Crippen LogP) is 14.2. The molecule has 2 atom stereocenters. The van der Waals surface area contributed by atoms with Crippen LogP contribution in [-0.4, -0.2) is 48.0 Å². The number of esters is 6. The second-order valence-electron chi connectivity index (χ2n) is 18.0. The van der Waals surface area contributed by atoms with E-state index >= 15 is 0 Å². The van der Waals surface area contributed by atoms with Crippen molar-refractivity contribution in [3.63, 3.8) is 0 Å². The Morgan fingerprint density at radius 2 is 0.603 bits per heavy atom. The fourth-order valence-electron chi connectivity index (χ4n) is 7.76. The molecule has 0 saturated carbocycles. The summed E-state index contributed by atoms with van der Waals surface area (Å²) < 4.78 is 33.1. The summed E-state index contributed by atoms with van der Waals surface area (Å²) in [4.78, 5) is 76.1. The van der Waals surface area contributed by atoms with Gasteiger partial charge in [-0.15, -0.1) is 0 Å². The van der Waals surface area contributed by atoms with Crippen molar-refractivity contribution in [2.45, 2.75) is 123 Å². The highest BCUT2D eigenvalue weighted by molar-refractivity contribution is 5.93. The van der Waals surface area contributed by atoms with Crippen molar-refractivity contribution in [3.05, 3.63) is 168 Å². The summed E-state index contributed by atoms with van der Waals surface area (Å²) in [7, 11) is 0. The van der Waals surface area contributed by atoms with Gasteiger partial charge in [0.2, 0.25) is 0 Å². The van der Waals surface area contributed by atoms with Crippen LogP contribution in [0.1, 0.15) is 153 Å². The lowest BCUT2D eigenvalue weighted by Gasteiger charge is -2.13. The van der Waals surface area contributed by atoms with E-state index in [4.69, 9.17) is 28.4 Å². The molecule has 380 valence electrons. The fourth-order valence-corrected chi connectivity index (χ4v) is 7.76. The molecule has 0 N–H and O–H groups in total. The van der Waals surface area contributed by atoms with Crippen molar-refractivity contribution in [3.8, 4) is 45.3 Å². The van der Waals surface area contributed by atoms with E-state index in [2.05, 4.69) is 13.8 Å². The van der Waals surface area contributed by atoms with Gasteiger partial charge in [-0.3, -0.25) is 9.59 Å². The van der Waals surface area contributed by atoms with E-state index in [1.54, 1.807) is 48.5 Å². The Kier molecular flexibility index (Phi) is 21.1. The van der Waals surface area contributed by atoms with E-state index in [1.165, 1.54) is 61.4 Å². The molecule has 6 aromatic rings. The molecule has 2 unspecified atom stereocenters. The van der Waals surface area contributed by atoms with Crippen LogP contribution in [0.2, 0.25) is 0 Å². The monoisotopic (exact) mass is 988 g/mol. The number of unbranched alkanes of at least 4 members (excludes halogenated alkanes) is 6. The van der Waals surface area contributed by atoms with Crippen LogP contribution in [0, 0.1) is 0 Å². The van der Waals surface area contributed by atoms with Gasteiger partial charge >= 0.3 is 35.8 Å². The molecule has 0 saturated heterocycles. The van der Waals surface area contributed by atoms with E-state index in [0.29, 0.717) is 22.6 Å². The van der Waals surface area contributed by atoms with Crippen molar-refractivity contribution in [2.75, 3.05) is 0 Å². The molecular weight excluding hydrogens is 925 g/mol. The van der Waals surface area contributed by atoms with E-state index < -0.39 is 23.9 Å². The van der Waals surface area contributed by atoms with Gasteiger partial charge < -0.3 is 28.4 Å². The predicted molar refractivity (Wildman–Crippen MR) is 279 cm³/mol. The third-order valence-electron chi connectivity index (χ3n) is 12.0. The fraction of sp³-hybridized carbons (Fsp3) is 0.311. The van der Waals surface area contributed by atoms with Gasteiger partial charge in [-0.25, -0.2) is 19.2 Å². The van der Waals surface area contributed by atoms with Gasteiger partial charge in [-0.2, -0.15) is 0 Å². The van der Waals surface area contributed by atoms with Crippen molar-refractivity contribution < 1.29 is 57.2 Å². The minimum atomic E-state index is -0.595. The standard InChI is InChI=1S/C61H64O12/c1-5-7-9-11-14-42(3)68-58(64)48-22-18-44(19-23-48)46-26-34-54(35-27-46)72-60(66)50-30-38-52(39-31-50)70-56(62)16-13-17-57(63)71-53-40-32-51(33-41-53)61(67)73-55-36-28-47(29-37-55)45-20-24-49(25-21-45)59(65)69-43(4)15-12-10-8-6-2/h18-43H,5-17H2,1-4H3. The molecule has 0 amide bonds. The van der Waals surface area contributed by atoms with Gasteiger partial charge in [0.1, 0.15) is 23.0 Å². The number of carbonyl (C=O) groups excluding carboxylic acids is 6. The summed E-state index contributed by atoms with van der Waals surface area (Å²) in [6, 6.07) is 40.2. The molecule has 6 rings (SSSR count). The molecule has 12 heteroatoms. The molecule has 0 fully saturated rings. The minimum Gasteiger partial charge on any atom is -0.459 e. The zero-order valence-corrected chi connectivity index (χ0v) is 42.1. The number of hydrogen-bond donors (Lipinski definition) is 0. The number of ether oxygens (including phenoxy) is 6. The molecule has 12 nitrogen and oxygen atoms in total. The van der Waals surface area contributed by atoms with Gasteiger partial charge in [-0.1, -0.05) is 101 Å². The van der Waals surface area contributed by atoms with E-state index in [1.807, 2.05) is 62.4 Å². The van der Waals surface area contributed by atoms with Crippen LogP contribution in [0.4, 0.5) is 0 Å². The third-order valence-corrected chi connectivity index (χ3v) is 12.0. The summed E-state index contributed by atoms with van der Waals surface area (Å²) >= 11 is 0. The van der Waals surface area contributed by atoms with Gasteiger partial charge in [0.15, 0.2) is 0 Å². The average Bonchev–Trinajstić information content (AvgIpc) is 3.39. The second kappa shape index (κ2) is 28.2. The molecule has 0 aliphatic rings. The highest BCUT2D eigenvalue weighted by Crippen LogP contribution is 2.27. The molecule has 0 spiro atoms. The third kappa shape index (κ3) is 17.7. The molecule has 0 heterocycles. The highest BCUT2D eigenvalue weighted by atomic mass is 16.6. The first-order chi connectivity index (χ1) is 35.4. The molecular formula is C61H64O12. The smallest absolute Gasteiger partial charge is 0.343 e. The first kappa shape index (κ1) is 54.5. The van der Waals surface area contributed by atoms with Crippen molar-refractivity contribution in [2.24, 2.45) is 0 Å². The Morgan fingerprint density at radius 3 is 0.932 bits per heavy atom. The summed E-state index contributed by atoms with van der Waals surface area (Å²) in [6.45, 7) is 8.17. The van der Waals surface area contributed by atoms with Crippen molar-refractivity contribution >= 4 is 35.8 Å². The van der Waals surface area contributed by atoms with Gasteiger partial charge in [0.25, 0.3) is 0 Å². The lowest BCUT2D eigenvalue weighted by molar-refractivity contribution is -0.136. The quantitative estimate of drug-likeness (QED) is 0.0288. The number of hydrogen-bond acceptors (Lipinski definition) is 12. The summed E-state index contributed by atoms with van der Waals surface area (Å²) in [5, 5.41) is 0. The first-order valence-corrected chi connectivity index (χ1v) is 25.3. The zero-order valence-electron chi connectivity index (χ0n) is 42.1. The number of benzene rings is 6. The van der Waals surface area contributed by atoms with Crippen LogP contribution in [0.15, 0.2) is 146 Å². The van der Waals surface area contributed by atoms with Crippen LogP contribution >= 0.6 is 0 Å². The second-order valence-corrected chi connectivity index (χ2v) is 18.0. The Morgan fingerprint density at radius 1 is 0.329 bits per heavy atom. The van der Waals surface area contributed by atoms with Gasteiger partial charge in [0.05, 0.1) is 34.5 Å². The summed E-state index contributed by atoms with van der Waals surface area (Å²) in [5.41, 5.74) is 4.99. The molecule has 0 aromatic heterocycles. The minimum absolute atomic E-state index is 0.0582. The van der Waals surface area contributed by atoms with Gasteiger partial charge in [0, 0.05) is 12.8 Å². The average molecular weight is 989 g/mol. The maximum Gasteiger partial charge on any atom is 0.343 e. The largest absolute Gasteiger partial charge is 0.459 e. The van der Waals surface area contributed by atoms with Gasteiger partial charge in [-0.05, 0) is 165 Å². The van der Waals surface area contributed by atoms with E-state index in [9.17, 15) is 28.8 Å². The molecule has 6 aromatic carbocycles. The summed E-state index contributed by atoms with van der Waals surface area (Å²) in [6.07, 6.45) is 10.5. The molecule has 0 radical (unpaired) electrons. The first-order valence-electron chi connectivity index (χ1n) is 25.3. The summed E-state index contributed by atoms with van der Waals surface area (Å²) in [5.74, 6) is -1.88. The van der Waals surface area contributed by atoms with Crippen molar-refractivity contribution in [1.82, 2.24) is 0 Å². The number of carbonyl (C=O) groups is 6.